The number of carboxylic acid groups (broad SMARTS) is 1. The highest BCUT2D eigenvalue weighted by molar-refractivity contribution is 5.81. The third-order valence-electron chi connectivity index (χ3n) is 2.35. The van der Waals surface area contributed by atoms with Crippen molar-refractivity contribution in [3.8, 4) is 0 Å². The van der Waals surface area contributed by atoms with Crippen LogP contribution in [0.2, 0.25) is 0 Å². The number of carbonyl (C=O) groups is 3. The lowest BCUT2D eigenvalue weighted by Crippen LogP contribution is -2.46. The zero-order chi connectivity index (χ0) is 14.3. The number of rotatable bonds is 7. The lowest BCUT2D eigenvalue weighted by molar-refractivity contribution is -0.146. The number of carboxylic acids is 1. The second-order valence-corrected chi connectivity index (χ2v) is 4.50. The van der Waals surface area contributed by atoms with Crippen LogP contribution in [0.25, 0.3) is 0 Å². The Labute approximate surface area is 105 Å². The molecule has 0 fully saturated rings. The lowest BCUT2D eigenvalue weighted by Gasteiger charge is -2.20. The smallest absolute Gasteiger partial charge is 0.332 e. The molecule has 0 aliphatic rings. The maximum Gasteiger partial charge on any atom is 0.332 e. The van der Waals surface area contributed by atoms with Gasteiger partial charge in [-0.2, -0.15) is 0 Å². The van der Waals surface area contributed by atoms with Crippen LogP contribution in [0.15, 0.2) is 0 Å². The number of hydrogen-bond donors (Lipinski definition) is 5. The summed E-state index contributed by atoms with van der Waals surface area (Å²) in [5.41, 5.74) is 4.26. The molecule has 1 atom stereocenters. The summed E-state index contributed by atoms with van der Waals surface area (Å²) < 4.78 is 0. The molecule has 0 aromatic heterocycles. The first kappa shape index (κ1) is 16.2. The fourth-order valence-corrected chi connectivity index (χ4v) is 0.897. The van der Waals surface area contributed by atoms with Crippen LogP contribution in [-0.4, -0.2) is 47.3 Å². The van der Waals surface area contributed by atoms with E-state index < -0.39 is 29.4 Å². The summed E-state index contributed by atoms with van der Waals surface area (Å²) in [4.78, 5) is 32.5. The van der Waals surface area contributed by atoms with Gasteiger partial charge in [-0.1, -0.05) is 0 Å². The first-order chi connectivity index (χ1) is 8.16. The molecule has 0 aliphatic carbocycles. The fourth-order valence-electron chi connectivity index (χ4n) is 0.897. The van der Waals surface area contributed by atoms with Crippen LogP contribution in [0.4, 0.5) is 4.79 Å². The van der Waals surface area contributed by atoms with E-state index in [0.717, 1.165) is 0 Å². The molecule has 0 spiro atoms. The maximum atomic E-state index is 11.3. The van der Waals surface area contributed by atoms with Gasteiger partial charge < -0.3 is 26.6 Å². The highest BCUT2D eigenvalue weighted by Gasteiger charge is 2.25. The van der Waals surface area contributed by atoms with E-state index in [1.807, 2.05) is 0 Å². The van der Waals surface area contributed by atoms with Gasteiger partial charge >= 0.3 is 12.0 Å². The first-order valence-electron chi connectivity index (χ1n) is 5.39. The molecule has 0 heterocycles. The Balaban J connectivity index is 3.86. The molecule has 3 amide bonds. The van der Waals surface area contributed by atoms with Crippen molar-refractivity contribution in [2.24, 2.45) is 11.1 Å². The summed E-state index contributed by atoms with van der Waals surface area (Å²) >= 11 is 0. The Morgan fingerprint density at radius 1 is 1.28 bits per heavy atom. The lowest BCUT2D eigenvalue weighted by atomic mass is 9.93. The van der Waals surface area contributed by atoms with Gasteiger partial charge in [0.15, 0.2) is 6.10 Å². The molecule has 0 saturated carbocycles. The number of nitrogens with one attached hydrogen (secondary N) is 2. The van der Waals surface area contributed by atoms with E-state index in [-0.39, 0.29) is 19.5 Å². The van der Waals surface area contributed by atoms with Gasteiger partial charge in [-0.15, -0.1) is 0 Å². The SMILES string of the molecule is CC(C)(CNC(=O)NCC[C@H](O)C(=O)O)C(N)=O. The normalized spacial score (nSPS) is 12.6. The number of amides is 3. The van der Waals surface area contributed by atoms with Crippen LogP contribution < -0.4 is 16.4 Å². The van der Waals surface area contributed by atoms with Crippen molar-refractivity contribution in [3.05, 3.63) is 0 Å². The average Bonchev–Trinajstić information content (AvgIpc) is 2.26. The summed E-state index contributed by atoms with van der Waals surface area (Å²) in [6, 6.07) is -0.554. The Bertz CT molecular complexity index is 329. The van der Waals surface area contributed by atoms with E-state index in [4.69, 9.17) is 15.9 Å². The highest BCUT2D eigenvalue weighted by Crippen LogP contribution is 2.11. The molecule has 0 radical (unpaired) electrons. The Morgan fingerprint density at radius 2 is 1.83 bits per heavy atom. The molecule has 0 bridgehead atoms. The second kappa shape index (κ2) is 6.80. The Kier molecular flexibility index (Phi) is 6.11. The third-order valence-corrected chi connectivity index (χ3v) is 2.35. The molecule has 0 aromatic rings. The van der Waals surface area contributed by atoms with Gasteiger partial charge in [0.05, 0.1) is 5.41 Å². The van der Waals surface area contributed by atoms with E-state index in [1.54, 1.807) is 13.8 Å². The standard InChI is InChI=1S/C10H19N3O5/c1-10(2,8(11)17)5-13-9(18)12-4-3-6(14)7(15)16/h6,14H,3-5H2,1-2H3,(H2,11,17)(H,15,16)(H2,12,13,18)/t6-/m0/s1. The van der Waals surface area contributed by atoms with Crippen LogP contribution in [0.3, 0.4) is 0 Å². The summed E-state index contributed by atoms with van der Waals surface area (Å²) in [5, 5.41) is 22.1. The van der Waals surface area contributed by atoms with Gasteiger partial charge in [-0.25, -0.2) is 9.59 Å². The predicted octanol–water partition coefficient (Wildman–Crippen LogP) is -1.37. The summed E-state index contributed by atoms with van der Waals surface area (Å²) in [5.74, 6) is -1.88. The van der Waals surface area contributed by atoms with Crippen LogP contribution >= 0.6 is 0 Å². The van der Waals surface area contributed by atoms with Crippen molar-refractivity contribution in [1.29, 1.82) is 0 Å². The van der Waals surface area contributed by atoms with Crippen molar-refractivity contribution in [1.82, 2.24) is 10.6 Å². The van der Waals surface area contributed by atoms with E-state index in [0.29, 0.717) is 0 Å². The van der Waals surface area contributed by atoms with Crippen LogP contribution in [-0.2, 0) is 9.59 Å². The number of aliphatic hydroxyl groups is 1. The van der Waals surface area contributed by atoms with E-state index in [1.165, 1.54) is 0 Å². The number of aliphatic hydroxyl groups excluding tert-OH is 1. The monoisotopic (exact) mass is 261 g/mol. The van der Waals surface area contributed by atoms with E-state index in [2.05, 4.69) is 10.6 Å². The van der Waals surface area contributed by atoms with Crippen LogP contribution in [0, 0.1) is 5.41 Å². The molecule has 8 nitrogen and oxygen atoms in total. The van der Waals surface area contributed by atoms with E-state index >= 15 is 0 Å². The fraction of sp³-hybridized carbons (Fsp3) is 0.700. The Morgan fingerprint density at radius 3 is 2.28 bits per heavy atom. The molecular weight excluding hydrogens is 242 g/mol. The summed E-state index contributed by atoms with van der Waals surface area (Å²) in [7, 11) is 0. The largest absolute Gasteiger partial charge is 0.479 e. The molecule has 0 aliphatic heterocycles. The summed E-state index contributed by atoms with van der Waals surface area (Å²) in [6.45, 7) is 3.25. The van der Waals surface area contributed by atoms with Gasteiger partial charge in [-0.3, -0.25) is 4.79 Å². The molecular formula is C10H19N3O5. The van der Waals surface area contributed by atoms with Crippen molar-refractivity contribution >= 4 is 17.9 Å². The van der Waals surface area contributed by atoms with E-state index in [9.17, 15) is 14.4 Å². The van der Waals surface area contributed by atoms with Crippen molar-refractivity contribution in [2.75, 3.05) is 13.1 Å². The topological polar surface area (TPSA) is 142 Å². The van der Waals surface area contributed by atoms with Gasteiger partial charge in [-0.05, 0) is 13.8 Å². The molecule has 0 saturated heterocycles. The molecule has 104 valence electrons. The number of carbonyl (C=O) groups excluding carboxylic acids is 2. The third kappa shape index (κ3) is 6.04. The molecule has 8 heteroatoms. The predicted molar refractivity (Wildman–Crippen MR) is 62.6 cm³/mol. The van der Waals surface area contributed by atoms with Gasteiger partial charge in [0.2, 0.25) is 5.91 Å². The first-order valence-corrected chi connectivity index (χ1v) is 5.39. The molecule has 18 heavy (non-hydrogen) atoms. The summed E-state index contributed by atoms with van der Waals surface area (Å²) in [6.07, 6.45) is -1.60. The number of nitrogens with two attached hydrogens (primary N) is 1. The molecule has 6 N–H and O–H groups in total. The number of urea groups is 1. The molecule has 0 aromatic carbocycles. The van der Waals surface area contributed by atoms with Crippen LogP contribution in [0.5, 0.6) is 0 Å². The number of primary amides is 1. The number of aliphatic carboxylic acids is 1. The van der Waals surface area contributed by atoms with Gasteiger partial charge in [0.1, 0.15) is 0 Å². The Hall–Kier alpha value is -1.83. The maximum absolute atomic E-state index is 11.3. The minimum Gasteiger partial charge on any atom is -0.479 e. The highest BCUT2D eigenvalue weighted by atomic mass is 16.4. The van der Waals surface area contributed by atoms with Gasteiger partial charge in [0, 0.05) is 19.5 Å². The van der Waals surface area contributed by atoms with Crippen molar-refractivity contribution in [3.63, 3.8) is 0 Å². The molecule has 0 rings (SSSR count). The van der Waals surface area contributed by atoms with Gasteiger partial charge in [0.25, 0.3) is 0 Å². The zero-order valence-electron chi connectivity index (χ0n) is 10.4. The number of hydrogen-bond acceptors (Lipinski definition) is 4. The average molecular weight is 261 g/mol. The van der Waals surface area contributed by atoms with Crippen molar-refractivity contribution < 1.29 is 24.6 Å². The minimum absolute atomic E-state index is 0.0102. The second-order valence-electron chi connectivity index (χ2n) is 4.50. The zero-order valence-corrected chi connectivity index (χ0v) is 10.4. The van der Waals surface area contributed by atoms with Crippen LogP contribution in [0.1, 0.15) is 20.3 Å². The minimum atomic E-state index is -1.51. The van der Waals surface area contributed by atoms with Crippen molar-refractivity contribution in [2.45, 2.75) is 26.4 Å². The molecule has 0 unspecified atom stereocenters. The quantitative estimate of drug-likeness (QED) is 0.384.